The lowest BCUT2D eigenvalue weighted by atomic mass is 10.0. The Labute approximate surface area is 121 Å². The molecule has 1 aliphatic heterocycles. The minimum absolute atomic E-state index is 0.197. The van der Waals surface area contributed by atoms with Crippen LogP contribution in [-0.4, -0.2) is 6.79 Å². The topological polar surface area (TPSA) is 42.2 Å². The lowest BCUT2D eigenvalue weighted by Gasteiger charge is -2.03. The summed E-state index contributed by atoms with van der Waals surface area (Å²) in [7, 11) is 0. The average molecular weight is 284 g/mol. The van der Waals surface area contributed by atoms with Gasteiger partial charge in [0.1, 0.15) is 0 Å². The summed E-state index contributed by atoms with van der Waals surface area (Å²) in [6.45, 7) is 0.197. The number of nitriles is 1. The Kier molecular flexibility index (Phi) is 3.32. The van der Waals surface area contributed by atoms with Crippen LogP contribution in [0.4, 0.5) is 0 Å². The summed E-state index contributed by atoms with van der Waals surface area (Å²) >= 11 is 6.21. The first-order chi connectivity index (χ1) is 9.78. The lowest BCUT2D eigenvalue weighted by molar-refractivity contribution is 0.174. The molecule has 0 radical (unpaired) electrons. The number of hydrogen-bond acceptors (Lipinski definition) is 3. The second-order valence-electron chi connectivity index (χ2n) is 4.26. The molecule has 0 N–H and O–H groups in total. The number of hydrogen-bond donors (Lipinski definition) is 0. The number of nitrogens with zero attached hydrogens (tertiary/aromatic N) is 1. The molecule has 0 aliphatic carbocycles. The van der Waals surface area contributed by atoms with Gasteiger partial charge in [0.25, 0.3) is 0 Å². The molecular formula is C16H10ClNO2. The third kappa shape index (κ3) is 2.34. The van der Waals surface area contributed by atoms with Crippen LogP contribution in [0.5, 0.6) is 11.5 Å². The molecule has 0 atom stereocenters. The molecule has 20 heavy (non-hydrogen) atoms. The van der Waals surface area contributed by atoms with Gasteiger partial charge in [0, 0.05) is 6.07 Å². The van der Waals surface area contributed by atoms with Crippen LogP contribution in [0.3, 0.4) is 0 Å². The van der Waals surface area contributed by atoms with Crippen LogP contribution in [0.2, 0.25) is 5.02 Å². The highest BCUT2D eigenvalue weighted by Crippen LogP contribution is 2.38. The molecule has 1 aliphatic rings. The van der Waals surface area contributed by atoms with Crippen LogP contribution < -0.4 is 9.47 Å². The molecule has 3 rings (SSSR count). The molecule has 98 valence electrons. The van der Waals surface area contributed by atoms with E-state index in [0.29, 0.717) is 22.1 Å². The van der Waals surface area contributed by atoms with Crippen molar-refractivity contribution >= 4 is 23.3 Å². The molecule has 0 aromatic heterocycles. The standard InChI is InChI=1S/C16H10ClNO2/c17-14-8-16-15(19-10-20-16)7-12(14)6-13(9-18)11-4-2-1-3-5-11/h1-8H,10H2/b13-6+. The van der Waals surface area contributed by atoms with Gasteiger partial charge in [0.05, 0.1) is 16.7 Å². The van der Waals surface area contributed by atoms with E-state index in [-0.39, 0.29) is 6.79 Å². The predicted molar refractivity (Wildman–Crippen MR) is 77.5 cm³/mol. The number of benzene rings is 2. The number of rotatable bonds is 2. The van der Waals surface area contributed by atoms with E-state index in [0.717, 1.165) is 11.1 Å². The number of allylic oxidation sites excluding steroid dienone is 1. The fraction of sp³-hybridized carbons (Fsp3) is 0.0625. The number of ether oxygens (including phenoxy) is 2. The summed E-state index contributed by atoms with van der Waals surface area (Å²) in [6, 6.07) is 15.1. The van der Waals surface area contributed by atoms with Crippen molar-refractivity contribution in [3.05, 3.63) is 58.6 Å². The molecule has 0 amide bonds. The predicted octanol–water partition coefficient (Wildman–Crippen LogP) is 4.13. The average Bonchev–Trinajstić information content (AvgIpc) is 2.92. The summed E-state index contributed by atoms with van der Waals surface area (Å²) < 4.78 is 10.6. The van der Waals surface area contributed by atoms with Crippen molar-refractivity contribution in [2.45, 2.75) is 0 Å². The van der Waals surface area contributed by atoms with Crippen molar-refractivity contribution in [3.8, 4) is 17.6 Å². The Hall–Kier alpha value is -2.44. The van der Waals surface area contributed by atoms with E-state index in [1.54, 1.807) is 18.2 Å². The highest BCUT2D eigenvalue weighted by molar-refractivity contribution is 6.32. The van der Waals surface area contributed by atoms with E-state index in [1.165, 1.54) is 0 Å². The minimum atomic E-state index is 0.197. The Morgan fingerprint density at radius 2 is 1.85 bits per heavy atom. The summed E-state index contributed by atoms with van der Waals surface area (Å²) in [4.78, 5) is 0. The summed E-state index contributed by atoms with van der Waals surface area (Å²) in [6.07, 6.45) is 1.75. The van der Waals surface area contributed by atoms with E-state index in [4.69, 9.17) is 21.1 Å². The second kappa shape index (κ2) is 5.28. The first-order valence-electron chi connectivity index (χ1n) is 6.04. The SMILES string of the molecule is N#C/C(=C\c1cc2c(cc1Cl)OCO2)c1ccccc1. The second-order valence-corrected chi connectivity index (χ2v) is 4.67. The molecule has 4 heteroatoms. The van der Waals surface area contributed by atoms with Crippen molar-refractivity contribution in [3.63, 3.8) is 0 Å². The van der Waals surface area contributed by atoms with Crippen molar-refractivity contribution < 1.29 is 9.47 Å². The zero-order valence-electron chi connectivity index (χ0n) is 10.5. The van der Waals surface area contributed by atoms with Gasteiger partial charge in [-0.1, -0.05) is 41.9 Å². The quantitative estimate of drug-likeness (QED) is 0.615. The Bertz CT molecular complexity index is 717. The fourth-order valence-corrected chi connectivity index (χ4v) is 2.21. The first-order valence-corrected chi connectivity index (χ1v) is 6.42. The molecule has 0 unspecified atom stereocenters. The van der Waals surface area contributed by atoms with Crippen molar-refractivity contribution in [1.82, 2.24) is 0 Å². The van der Waals surface area contributed by atoms with Gasteiger partial charge in [-0.05, 0) is 23.3 Å². The van der Waals surface area contributed by atoms with E-state index in [2.05, 4.69) is 6.07 Å². The van der Waals surface area contributed by atoms with Gasteiger partial charge in [-0.15, -0.1) is 0 Å². The third-order valence-corrected chi connectivity index (χ3v) is 3.32. The number of fused-ring (bicyclic) bond motifs is 1. The van der Waals surface area contributed by atoms with Gasteiger partial charge in [-0.3, -0.25) is 0 Å². The van der Waals surface area contributed by atoms with Crippen molar-refractivity contribution in [2.75, 3.05) is 6.79 Å². The smallest absolute Gasteiger partial charge is 0.231 e. The zero-order chi connectivity index (χ0) is 13.9. The van der Waals surface area contributed by atoms with E-state index in [9.17, 15) is 5.26 Å². The van der Waals surface area contributed by atoms with Gasteiger partial charge in [0.15, 0.2) is 11.5 Å². The van der Waals surface area contributed by atoms with Crippen molar-refractivity contribution in [1.29, 1.82) is 5.26 Å². The monoisotopic (exact) mass is 283 g/mol. The molecule has 0 fully saturated rings. The van der Waals surface area contributed by atoms with Crippen LogP contribution in [0.25, 0.3) is 11.6 Å². The Balaban J connectivity index is 2.05. The van der Waals surface area contributed by atoms with E-state index < -0.39 is 0 Å². The normalized spacial score (nSPS) is 13.1. The Morgan fingerprint density at radius 3 is 2.55 bits per heavy atom. The van der Waals surface area contributed by atoms with Crippen LogP contribution in [-0.2, 0) is 0 Å². The zero-order valence-corrected chi connectivity index (χ0v) is 11.2. The van der Waals surface area contributed by atoms with Gasteiger partial charge >= 0.3 is 0 Å². The third-order valence-electron chi connectivity index (χ3n) is 3.00. The largest absolute Gasteiger partial charge is 0.454 e. The highest BCUT2D eigenvalue weighted by atomic mass is 35.5. The molecule has 0 spiro atoms. The molecule has 0 bridgehead atoms. The van der Waals surface area contributed by atoms with Crippen LogP contribution >= 0.6 is 11.6 Å². The molecule has 3 nitrogen and oxygen atoms in total. The maximum atomic E-state index is 9.31. The molecular weight excluding hydrogens is 274 g/mol. The minimum Gasteiger partial charge on any atom is -0.454 e. The van der Waals surface area contributed by atoms with Crippen LogP contribution in [0.1, 0.15) is 11.1 Å². The number of halogens is 1. The van der Waals surface area contributed by atoms with Gasteiger partial charge in [-0.2, -0.15) is 5.26 Å². The Morgan fingerprint density at radius 1 is 1.15 bits per heavy atom. The lowest BCUT2D eigenvalue weighted by Crippen LogP contribution is -1.92. The van der Waals surface area contributed by atoms with Crippen molar-refractivity contribution in [2.24, 2.45) is 0 Å². The highest BCUT2D eigenvalue weighted by Gasteiger charge is 2.16. The van der Waals surface area contributed by atoms with Crippen LogP contribution in [0, 0.1) is 11.3 Å². The van der Waals surface area contributed by atoms with Gasteiger partial charge in [-0.25, -0.2) is 0 Å². The van der Waals surface area contributed by atoms with E-state index >= 15 is 0 Å². The molecule has 2 aromatic carbocycles. The first kappa shape index (κ1) is 12.6. The van der Waals surface area contributed by atoms with Gasteiger partial charge in [0.2, 0.25) is 6.79 Å². The fourth-order valence-electron chi connectivity index (χ4n) is 2.00. The molecule has 1 heterocycles. The summed E-state index contributed by atoms with van der Waals surface area (Å²) in [5, 5.41) is 9.83. The molecule has 2 aromatic rings. The molecule has 0 saturated carbocycles. The summed E-state index contributed by atoms with van der Waals surface area (Å²) in [5.41, 5.74) is 2.13. The van der Waals surface area contributed by atoms with E-state index in [1.807, 2.05) is 30.3 Å². The maximum Gasteiger partial charge on any atom is 0.231 e. The van der Waals surface area contributed by atoms with Crippen LogP contribution in [0.15, 0.2) is 42.5 Å². The summed E-state index contributed by atoms with van der Waals surface area (Å²) in [5.74, 6) is 1.27. The van der Waals surface area contributed by atoms with Gasteiger partial charge < -0.3 is 9.47 Å². The maximum absolute atomic E-state index is 9.31. The molecule has 0 saturated heterocycles.